The zero-order valence-electron chi connectivity index (χ0n) is 10.5. The maximum Gasteiger partial charge on any atom is 0.316 e. The Morgan fingerprint density at radius 1 is 1.29 bits per heavy atom. The molecule has 0 radical (unpaired) electrons. The summed E-state index contributed by atoms with van der Waals surface area (Å²) in [7, 11) is 0. The van der Waals surface area contributed by atoms with Crippen LogP contribution in [0.25, 0.3) is 0 Å². The predicted octanol–water partition coefficient (Wildman–Crippen LogP) is 2.77. The topological polar surface area (TPSA) is 43.4 Å². The second kappa shape index (κ2) is 6.18. The van der Waals surface area contributed by atoms with E-state index in [-0.39, 0.29) is 5.78 Å². The number of aryl methyl sites for hydroxylation is 1. The van der Waals surface area contributed by atoms with E-state index in [9.17, 15) is 9.59 Å². The van der Waals surface area contributed by atoms with E-state index >= 15 is 0 Å². The van der Waals surface area contributed by atoms with Gasteiger partial charge in [0.2, 0.25) is 0 Å². The summed E-state index contributed by atoms with van der Waals surface area (Å²) in [6.45, 7) is 5.77. The van der Waals surface area contributed by atoms with Crippen molar-refractivity contribution in [3.8, 4) is 0 Å². The number of esters is 1. The summed E-state index contributed by atoms with van der Waals surface area (Å²) in [5.74, 6) is -1.27. The highest BCUT2D eigenvalue weighted by Crippen LogP contribution is 2.15. The Hall–Kier alpha value is -1.64. The van der Waals surface area contributed by atoms with Crippen LogP contribution >= 0.6 is 0 Å². The van der Waals surface area contributed by atoms with Gasteiger partial charge in [-0.25, -0.2) is 0 Å². The molecule has 3 nitrogen and oxygen atoms in total. The molecule has 0 fully saturated rings. The van der Waals surface area contributed by atoms with Crippen molar-refractivity contribution >= 4 is 11.8 Å². The van der Waals surface area contributed by atoms with Crippen molar-refractivity contribution in [2.45, 2.75) is 27.2 Å². The first-order valence-corrected chi connectivity index (χ1v) is 5.87. The third kappa shape index (κ3) is 3.41. The largest absolute Gasteiger partial charge is 0.465 e. The lowest BCUT2D eigenvalue weighted by Crippen LogP contribution is -2.25. The average molecular weight is 234 g/mol. The molecule has 0 aromatic heterocycles. The number of hydrogen-bond donors (Lipinski definition) is 0. The molecule has 0 spiro atoms. The molecule has 17 heavy (non-hydrogen) atoms. The molecule has 3 heteroatoms. The summed E-state index contributed by atoms with van der Waals surface area (Å²) in [5.41, 5.74) is 1.58. The molecule has 0 bridgehead atoms. The van der Waals surface area contributed by atoms with Gasteiger partial charge in [-0.15, -0.1) is 0 Å². The number of ether oxygens (including phenoxy) is 1. The predicted molar refractivity (Wildman–Crippen MR) is 65.9 cm³/mol. The summed E-state index contributed by atoms with van der Waals surface area (Å²) >= 11 is 0. The first-order valence-electron chi connectivity index (χ1n) is 5.87. The molecule has 0 heterocycles. The van der Waals surface area contributed by atoms with Crippen LogP contribution in [0.15, 0.2) is 24.3 Å². The van der Waals surface area contributed by atoms with Crippen LogP contribution in [-0.2, 0) is 9.53 Å². The van der Waals surface area contributed by atoms with E-state index in [0.29, 0.717) is 18.6 Å². The standard InChI is InChI=1S/C14H18O3/c1-4-12(14(16)17-5-2)13(15)11-8-6-7-10(3)9-11/h6-9,12H,4-5H2,1-3H3/t12-/m0/s1. The third-order valence-electron chi connectivity index (χ3n) is 2.60. The summed E-state index contributed by atoms with van der Waals surface area (Å²) in [5, 5.41) is 0. The lowest BCUT2D eigenvalue weighted by molar-refractivity contribution is -0.146. The van der Waals surface area contributed by atoms with Crippen molar-refractivity contribution in [1.82, 2.24) is 0 Å². The number of hydrogen-bond acceptors (Lipinski definition) is 3. The van der Waals surface area contributed by atoms with Gasteiger partial charge in [0.15, 0.2) is 5.78 Å². The van der Waals surface area contributed by atoms with Gasteiger partial charge in [0.25, 0.3) is 0 Å². The van der Waals surface area contributed by atoms with Gasteiger partial charge in [-0.3, -0.25) is 9.59 Å². The Labute approximate surface area is 102 Å². The summed E-state index contributed by atoms with van der Waals surface area (Å²) in [6.07, 6.45) is 0.464. The molecule has 92 valence electrons. The van der Waals surface area contributed by atoms with E-state index in [2.05, 4.69) is 0 Å². The Balaban J connectivity index is 2.90. The molecule has 0 amide bonds. The zero-order chi connectivity index (χ0) is 12.8. The fourth-order valence-corrected chi connectivity index (χ4v) is 1.70. The molecule has 1 rings (SSSR count). The monoisotopic (exact) mass is 234 g/mol. The molecule has 0 aliphatic rings. The Bertz CT molecular complexity index is 410. The zero-order valence-corrected chi connectivity index (χ0v) is 10.5. The minimum absolute atomic E-state index is 0.158. The van der Waals surface area contributed by atoms with Crippen LogP contribution in [0.1, 0.15) is 36.2 Å². The number of ketones is 1. The van der Waals surface area contributed by atoms with E-state index in [0.717, 1.165) is 5.56 Å². The smallest absolute Gasteiger partial charge is 0.316 e. The van der Waals surface area contributed by atoms with Gasteiger partial charge in [0, 0.05) is 5.56 Å². The average Bonchev–Trinajstić information content (AvgIpc) is 2.30. The van der Waals surface area contributed by atoms with E-state index in [1.54, 1.807) is 19.1 Å². The normalized spacial score (nSPS) is 11.9. The van der Waals surface area contributed by atoms with Crippen LogP contribution in [0, 0.1) is 12.8 Å². The van der Waals surface area contributed by atoms with Crippen LogP contribution in [0.2, 0.25) is 0 Å². The molecular weight excluding hydrogens is 216 g/mol. The van der Waals surface area contributed by atoms with Gasteiger partial charge in [0.05, 0.1) is 6.61 Å². The molecule has 1 aromatic carbocycles. The molecule has 0 aliphatic carbocycles. The van der Waals surface area contributed by atoms with Crippen LogP contribution in [-0.4, -0.2) is 18.4 Å². The van der Waals surface area contributed by atoms with Gasteiger partial charge in [-0.1, -0.05) is 30.7 Å². The molecule has 0 saturated carbocycles. The second-order valence-corrected chi connectivity index (χ2v) is 3.95. The quantitative estimate of drug-likeness (QED) is 0.447. The molecule has 0 unspecified atom stereocenters. The Morgan fingerprint density at radius 2 is 2.00 bits per heavy atom. The first kappa shape index (κ1) is 13.4. The van der Waals surface area contributed by atoms with Crippen LogP contribution in [0.4, 0.5) is 0 Å². The van der Waals surface area contributed by atoms with Crippen molar-refractivity contribution in [2.24, 2.45) is 5.92 Å². The first-order chi connectivity index (χ1) is 8.10. The number of rotatable bonds is 5. The van der Waals surface area contributed by atoms with E-state index in [4.69, 9.17) is 4.74 Å². The number of Topliss-reactive ketones (excluding diaryl/α,β-unsaturated/α-hetero) is 1. The van der Waals surface area contributed by atoms with E-state index < -0.39 is 11.9 Å². The fourth-order valence-electron chi connectivity index (χ4n) is 1.70. The van der Waals surface area contributed by atoms with Crippen LogP contribution < -0.4 is 0 Å². The molecule has 0 N–H and O–H groups in total. The lowest BCUT2D eigenvalue weighted by Gasteiger charge is -2.12. The third-order valence-corrected chi connectivity index (χ3v) is 2.60. The number of carbonyl (C=O) groups is 2. The maximum atomic E-state index is 12.1. The van der Waals surface area contributed by atoms with Gasteiger partial charge >= 0.3 is 5.97 Å². The maximum absolute atomic E-state index is 12.1. The highest BCUT2D eigenvalue weighted by Gasteiger charge is 2.26. The van der Waals surface area contributed by atoms with Crippen molar-refractivity contribution in [1.29, 1.82) is 0 Å². The summed E-state index contributed by atoms with van der Waals surface area (Å²) < 4.78 is 4.91. The highest BCUT2D eigenvalue weighted by atomic mass is 16.5. The molecule has 0 aliphatic heterocycles. The Morgan fingerprint density at radius 3 is 2.53 bits per heavy atom. The number of benzene rings is 1. The van der Waals surface area contributed by atoms with E-state index in [1.807, 2.05) is 26.0 Å². The summed E-state index contributed by atoms with van der Waals surface area (Å²) in [4.78, 5) is 23.8. The Kier molecular flexibility index (Phi) is 4.88. The van der Waals surface area contributed by atoms with Crippen LogP contribution in [0.3, 0.4) is 0 Å². The van der Waals surface area contributed by atoms with Gasteiger partial charge in [-0.05, 0) is 26.3 Å². The van der Waals surface area contributed by atoms with Gasteiger partial charge in [0.1, 0.15) is 5.92 Å². The number of carbonyl (C=O) groups excluding carboxylic acids is 2. The minimum atomic E-state index is -0.684. The highest BCUT2D eigenvalue weighted by molar-refractivity contribution is 6.08. The van der Waals surface area contributed by atoms with Crippen molar-refractivity contribution in [2.75, 3.05) is 6.61 Å². The molecule has 0 saturated heterocycles. The van der Waals surface area contributed by atoms with Crippen molar-refractivity contribution in [3.05, 3.63) is 35.4 Å². The van der Waals surface area contributed by atoms with Crippen LogP contribution in [0.5, 0.6) is 0 Å². The summed E-state index contributed by atoms with van der Waals surface area (Å²) in [6, 6.07) is 7.27. The van der Waals surface area contributed by atoms with Crippen molar-refractivity contribution in [3.63, 3.8) is 0 Å². The van der Waals surface area contributed by atoms with Crippen molar-refractivity contribution < 1.29 is 14.3 Å². The van der Waals surface area contributed by atoms with Gasteiger partial charge < -0.3 is 4.74 Å². The lowest BCUT2D eigenvalue weighted by atomic mass is 9.94. The molecular formula is C14H18O3. The SMILES string of the molecule is CCOC(=O)[C@@H](CC)C(=O)c1cccc(C)c1. The molecule has 1 atom stereocenters. The minimum Gasteiger partial charge on any atom is -0.465 e. The molecule has 1 aromatic rings. The fraction of sp³-hybridized carbons (Fsp3) is 0.429. The second-order valence-electron chi connectivity index (χ2n) is 3.95. The van der Waals surface area contributed by atoms with E-state index in [1.165, 1.54) is 0 Å². The van der Waals surface area contributed by atoms with Gasteiger partial charge in [-0.2, -0.15) is 0 Å².